The predicted octanol–water partition coefficient (Wildman–Crippen LogP) is 1.49. The van der Waals surface area contributed by atoms with E-state index in [-0.39, 0.29) is 5.75 Å². The first-order valence-electron chi connectivity index (χ1n) is 3.95. The first kappa shape index (κ1) is 9.92. The van der Waals surface area contributed by atoms with Gasteiger partial charge in [0, 0.05) is 17.8 Å². The minimum absolute atomic E-state index is 0.134. The number of aromatic nitrogens is 1. The fourth-order valence-electron chi connectivity index (χ4n) is 0.753. The quantitative estimate of drug-likeness (QED) is 0.737. The molecule has 0 radical (unpaired) electrons. The number of hydrogen-bond donors (Lipinski definition) is 0. The van der Waals surface area contributed by atoms with Gasteiger partial charge in [-0.2, -0.15) is 0 Å². The van der Waals surface area contributed by atoms with Gasteiger partial charge in [0.2, 0.25) is 0 Å². The van der Waals surface area contributed by atoms with E-state index in [9.17, 15) is 8.42 Å². The maximum absolute atomic E-state index is 11.1. The van der Waals surface area contributed by atoms with Gasteiger partial charge in [0.25, 0.3) is 0 Å². The van der Waals surface area contributed by atoms with Crippen LogP contribution < -0.4 is 0 Å². The van der Waals surface area contributed by atoms with Crippen LogP contribution in [0.15, 0.2) is 29.9 Å². The minimum atomic E-state index is -3.02. The van der Waals surface area contributed by atoms with Crippen molar-refractivity contribution in [1.82, 2.24) is 4.98 Å². The van der Waals surface area contributed by atoms with Crippen molar-refractivity contribution in [2.75, 3.05) is 5.75 Å². The smallest absolute Gasteiger partial charge is 0.171 e. The van der Waals surface area contributed by atoms with Gasteiger partial charge in [-0.05, 0) is 23.8 Å². The van der Waals surface area contributed by atoms with Gasteiger partial charge in [-0.1, -0.05) is 6.92 Å². The standard InChI is InChI=1S/C9H11NO2S/c1-2-13(11,12)8-5-9-3-6-10-7-4-9/h3-8H,2H2,1H3/b8-5+. The summed E-state index contributed by atoms with van der Waals surface area (Å²) in [4.78, 5) is 3.83. The maximum Gasteiger partial charge on any atom is 0.171 e. The van der Waals surface area contributed by atoms with Gasteiger partial charge in [0.1, 0.15) is 0 Å². The van der Waals surface area contributed by atoms with E-state index in [1.54, 1.807) is 37.5 Å². The lowest BCUT2D eigenvalue weighted by atomic mass is 10.3. The molecule has 1 heterocycles. The average Bonchev–Trinajstić information content (AvgIpc) is 2.17. The van der Waals surface area contributed by atoms with E-state index in [1.807, 2.05) is 0 Å². The lowest BCUT2D eigenvalue weighted by molar-refractivity contribution is 0.606. The van der Waals surface area contributed by atoms with Crippen molar-refractivity contribution < 1.29 is 8.42 Å². The fraction of sp³-hybridized carbons (Fsp3) is 0.222. The highest BCUT2D eigenvalue weighted by atomic mass is 32.2. The fourth-order valence-corrected chi connectivity index (χ4v) is 1.31. The summed E-state index contributed by atoms with van der Waals surface area (Å²) in [5, 5.41) is 1.22. The molecule has 3 nitrogen and oxygen atoms in total. The van der Waals surface area contributed by atoms with E-state index >= 15 is 0 Å². The molecule has 0 saturated heterocycles. The summed E-state index contributed by atoms with van der Waals surface area (Å²) in [5.74, 6) is 0.134. The molecule has 0 N–H and O–H groups in total. The zero-order chi connectivity index (χ0) is 9.73. The average molecular weight is 197 g/mol. The Bertz CT molecular complexity index is 381. The second kappa shape index (κ2) is 4.18. The second-order valence-corrected chi connectivity index (χ2v) is 4.71. The molecule has 0 fully saturated rings. The highest BCUT2D eigenvalue weighted by molar-refractivity contribution is 7.94. The summed E-state index contributed by atoms with van der Waals surface area (Å²) in [7, 11) is -3.02. The van der Waals surface area contributed by atoms with Gasteiger partial charge in [-0.15, -0.1) is 0 Å². The van der Waals surface area contributed by atoms with Crippen molar-refractivity contribution >= 4 is 15.9 Å². The van der Waals surface area contributed by atoms with Crippen LogP contribution in [0.4, 0.5) is 0 Å². The lowest BCUT2D eigenvalue weighted by Crippen LogP contribution is -1.96. The van der Waals surface area contributed by atoms with E-state index in [0.29, 0.717) is 0 Å². The molecule has 1 aromatic rings. The summed E-state index contributed by atoms with van der Waals surface area (Å²) >= 11 is 0. The Kier molecular flexibility index (Phi) is 3.19. The highest BCUT2D eigenvalue weighted by Gasteiger charge is 1.99. The highest BCUT2D eigenvalue weighted by Crippen LogP contribution is 2.02. The minimum Gasteiger partial charge on any atom is -0.265 e. The summed E-state index contributed by atoms with van der Waals surface area (Å²) in [6.07, 6.45) is 4.82. The lowest BCUT2D eigenvalue weighted by Gasteiger charge is -1.92. The third kappa shape index (κ3) is 3.38. The molecule has 0 aliphatic carbocycles. The van der Waals surface area contributed by atoms with Crippen LogP contribution in [0.1, 0.15) is 12.5 Å². The Morgan fingerprint density at radius 2 is 2.00 bits per heavy atom. The van der Waals surface area contributed by atoms with Crippen molar-refractivity contribution in [2.45, 2.75) is 6.92 Å². The van der Waals surface area contributed by atoms with Crippen molar-refractivity contribution in [3.8, 4) is 0 Å². The molecule has 0 aliphatic heterocycles. The van der Waals surface area contributed by atoms with E-state index in [1.165, 1.54) is 5.41 Å². The normalized spacial score (nSPS) is 12.1. The molecule has 0 aliphatic rings. The summed E-state index contributed by atoms with van der Waals surface area (Å²) in [6, 6.07) is 3.50. The van der Waals surface area contributed by atoms with E-state index in [0.717, 1.165) is 5.56 Å². The molecule has 13 heavy (non-hydrogen) atoms. The maximum atomic E-state index is 11.1. The zero-order valence-corrected chi connectivity index (χ0v) is 8.16. The van der Waals surface area contributed by atoms with Gasteiger partial charge >= 0.3 is 0 Å². The summed E-state index contributed by atoms with van der Waals surface area (Å²) in [6.45, 7) is 1.62. The van der Waals surface area contributed by atoms with Crippen LogP contribution in [0.3, 0.4) is 0 Å². The van der Waals surface area contributed by atoms with Crippen LogP contribution in [0.2, 0.25) is 0 Å². The second-order valence-electron chi connectivity index (χ2n) is 2.53. The van der Waals surface area contributed by atoms with Gasteiger partial charge < -0.3 is 0 Å². The Labute approximate surface area is 78.0 Å². The van der Waals surface area contributed by atoms with Crippen molar-refractivity contribution in [3.05, 3.63) is 35.5 Å². The predicted molar refractivity (Wildman–Crippen MR) is 52.7 cm³/mol. The number of hydrogen-bond acceptors (Lipinski definition) is 3. The molecule has 0 spiro atoms. The Balaban J connectivity index is 2.82. The third-order valence-corrected chi connectivity index (χ3v) is 2.93. The molecule has 0 bridgehead atoms. The number of nitrogens with zero attached hydrogens (tertiary/aromatic N) is 1. The molecule has 1 rings (SSSR count). The SMILES string of the molecule is CCS(=O)(=O)/C=C/c1ccncc1. The van der Waals surface area contributed by atoms with Gasteiger partial charge in [0.15, 0.2) is 9.84 Å². The molecule has 70 valence electrons. The number of rotatable bonds is 3. The van der Waals surface area contributed by atoms with Gasteiger partial charge in [-0.3, -0.25) is 4.98 Å². The summed E-state index contributed by atoms with van der Waals surface area (Å²) < 4.78 is 22.1. The zero-order valence-electron chi connectivity index (χ0n) is 7.34. The van der Waals surface area contributed by atoms with Gasteiger partial charge in [-0.25, -0.2) is 8.42 Å². The largest absolute Gasteiger partial charge is 0.265 e. The third-order valence-electron chi connectivity index (χ3n) is 1.58. The Morgan fingerprint density at radius 1 is 1.38 bits per heavy atom. The van der Waals surface area contributed by atoms with E-state index < -0.39 is 9.84 Å². The Hall–Kier alpha value is -1.16. The van der Waals surface area contributed by atoms with Crippen molar-refractivity contribution in [2.24, 2.45) is 0 Å². The van der Waals surface area contributed by atoms with Crippen LogP contribution in [0, 0.1) is 0 Å². The van der Waals surface area contributed by atoms with Crippen LogP contribution >= 0.6 is 0 Å². The van der Waals surface area contributed by atoms with Crippen LogP contribution in [-0.4, -0.2) is 19.2 Å². The molecule has 0 atom stereocenters. The topological polar surface area (TPSA) is 47.0 Å². The first-order chi connectivity index (χ1) is 6.14. The van der Waals surface area contributed by atoms with Crippen LogP contribution in [0.5, 0.6) is 0 Å². The van der Waals surface area contributed by atoms with E-state index in [2.05, 4.69) is 4.98 Å². The monoisotopic (exact) mass is 197 g/mol. The Morgan fingerprint density at radius 3 is 2.54 bits per heavy atom. The molecule has 0 amide bonds. The molecule has 0 unspecified atom stereocenters. The van der Waals surface area contributed by atoms with Crippen molar-refractivity contribution in [3.63, 3.8) is 0 Å². The molecule has 0 aromatic carbocycles. The van der Waals surface area contributed by atoms with E-state index in [4.69, 9.17) is 0 Å². The number of pyridine rings is 1. The molecule has 1 aromatic heterocycles. The van der Waals surface area contributed by atoms with Crippen molar-refractivity contribution in [1.29, 1.82) is 0 Å². The molecule has 0 saturated carbocycles. The van der Waals surface area contributed by atoms with Crippen LogP contribution in [-0.2, 0) is 9.84 Å². The molecular formula is C9H11NO2S. The summed E-state index contributed by atoms with van der Waals surface area (Å²) in [5.41, 5.74) is 0.840. The van der Waals surface area contributed by atoms with Gasteiger partial charge in [0.05, 0.1) is 5.75 Å². The molecule has 4 heteroatoms. The van der Waals surface area contributed by atoms with Crippen LogP contribution in [0.25, 0.3) is 6.08 Å². The first-order valence-corrected chi connectivity index (χ1v) is 5.66. The molecular weight excluding hydrogens is 186 g/mol. The number of sulfone groups is 1.